The number of aliphatic imine (C=N–C) groups is 1. The second kappa shape index (κ2) is 14.0. The maximum atomic E-state index is 6.38. The summed E-state index contributed by atoms with van der Waals surface area (Å²) >= 11 is 1.77. The van der Waals surface area contributed by atoms with Crippen LogP contribution in [0.1, 0.15) is 5.56 Å². The minimum absolute atomic E-state index is 0. The second-order valence-electron chi connectivity index (χ2n) is 12.5. The molecule has 0 saturated carbocycles. The molecular formula is C46H26N4OSU. The molecule has 0 spiro atoms. The van der Waals surface area contributed by atoms with Crippen molar-refractivity contribution in [2.24, 2.45) is 4.99 Å². The summed E-state index contributed by atoms with van der Waals surface area (Å²) in [7, 11) is 0. The maximum absolute atomic E-state index is 6.38. The van der Waals surface area contributed by atoms with Gasteiger partial charge >= 0.3 is 31.1 Å². The Hall–Kier alpha value is -5.71. The van der Waals surface area contributed by atoms with E-state index < -0.39 is 0 Å². The van der Waals surface area contributed by atoms with Crippen molar-refractivity contribution in [3.05, 3.63) is 169 Å². The molecule has 0 aliphatic heterocycles. The molecule has 0 unspecified atom stereocenters. The zero-order valence-corrected chi connectivity index (χ0v) is 33.1. The van der Waals surface area contributed by atoms with E-state index >= 15 is 0 Å². The third-order valence-corrected chi connectivity index (χ3v) is 10.5. The first-order valence-electron chi connectivity index (χ1n) is 17.0. The van der Waals surface area contributed by atoms with Crippen LogP contribution in [0, 0.1) is 37.2 Å². The van der Waals surface area contributed by atoms with Crippen molar-refractivity contribution in [3.8, 4) is 45.3 Å². The number of thiophene rings is 1. The molecule has 3 aromatic heterocycles. The van der Waals surface area contributed by atoms with Crippen molar-refractivity contribution in [1.29, 1.82) is 0 Å². The molecule has 53 heavy (non-hydrogen) atoms. The van der Waals surface area contributed by atoms with Crippen molar-refractivity contribution in [3.63, 3.8) is 0 Å². The first kappa shape index (κ1) is 33.1. The number of rotatable bonds is 6. The van der Waals surface area contributed by atoms with Crippen molar-refractivity contribution >= 4 is 65.3 Å². The average Bonchev–Trinajstić information content (AvgIpc) is 3.79. The van der Waals surface area contributed by atoms with Gasteiger partial charge in [-0.05, 0) is 39.9 Å². The third-order valence-electron chi connectivity index (χ3n) is 9.27. The van der Waals surface area contributed by atoms with Crippen LogP contribution in [0.5, 0.6) is 0 Å². The minimum Gasteiger partial charge on any atom is -0.456 e. The number of nitrogens with zero attached hydrogens (tertiary/aromatic N) is 4. The van der Waals surface area contributed by atoms with Gasteiger partial charge in [-0.25, -0.2) is 21.0 Å². The Kier molecular flexibility index (Phi) is 8.77. The molecule has 0 amide bonds. The van der Waals surface area contributed by atoms with E-state index in [0.717, 1.165) is 61.0 Å². The van der Waals surface area contributed by atoms with Crippen LogP contribution in [0.2, 0.25) is 0 Å². The SMILES string of the molecule is [C-](=Nc1[c-]cc(-c2ccc3oc4cccc(-c5nc(-c6ccccc6)nc(-c6ccccc6)n5)c4c3c2)cc1)c1cccc2c1sc1ccccc12.[U+2]. The number of aromatic nitrogens is 3. The summed E-state index contributed by atoms with van der Waals surface area (Å²) in [5, 5.41) is 4.43. The quantitative estimate of drug-likeness (QED) is 0.123. The Balaban J connectivity index is 0.00000372. The summed E-state index contributed by atoms with van der Waals surface area (Å²) in [6.07, 6.45) is 3.29. The van der Waals surface area contributed by atoms with E-state index in [1.807, 2.05) is 91.0 Å². The molecule has 0 atom stereocenters. The van der Waals surface area contributed by atoms with Crippen LogP contribution in [-0.2, 0) is 0 Å². The molecule has 5 nitrogen and oxygen atoms in total. The van der Waals surface area contributed by atoms with Gasteiger partial charge in [0.1, 0.15) is 11.2 Å². The van der Waals surface area contributed by atoms with Gasteiger partial charge in [-0.15, -0.1) is 28.9 Å². The average molecular weight is 921 g/mol. The maximum Gasteiger partial charge on any atom is 2.00 e. The van der Waals surface area contributed by atoms with Gasteiger partial charge < -0.3 is 9.41 Å². The van der Waals surface area contributed by atoms with Gasteiger partial charge in [0.2, 0.25) is 0 Å². The normalized spacial score (nSPS) is 11.5. The monoisotopic (exact) mass is 920 g/mol. The molecule has 0 saturated heterocycles. The van der Waals surface area contributed by atoms with Crippen molar-refractivity contribution in [2.45, 2.75) is 0 Å². The van der Waals surface area contributed by atoms with E-state index in [9.17, 15) is 0 Å². The number of benzene rings is 7. The van der Waals surface area contributed by atoms with E-state index in [4.69, 9.17) is 19.4 Å². The van der Waals surface area contributed by atoms with Crippen LogP contribution < -0.4 is 0 Å². The largest absolute Gasteiger partial charge is 2.00 e. The molecule has 0 fully saturated rings. The molecule has 0 aliphatic rings. The summed E-state index contributed by atoms with van der Waals surface area (Å²) in [6, 6.07) is 56.5. The zero-order chi connectivity index (χ0) is 34.4. The molecule has 7 aromatic carbocycles. The van der Waals surface area contributed by atoms with Crippen LogP contribution in [0.15, 0.2) is 167 Å². The van der Waals surface area contributed by atoms with Crippen molar-refractivity contribution in [1.82, 2.24) is 15.0 Å². The van der Waals surface area contributed by atoms with Gasteiger partial charge in [0.15, 0.2) is 17.5 Å². The Morgan fingerprint density at radius 1 is 0.547 bits per heavy atom. The first-order chi connectivity index (χ1) is 25.7. The molecule has 0 N–H and O–H groups in total. The van der Waals surface area contributed by atoms with Gasteiger partial charge in [0, 0.05) is 32.2 Å². The number of hydrogen-bond acceptors (Lipinski definition) is 6. The Bertz CT molecular complexity index is 2900. The number of hydrogen-bond donors (Lipinski definition) is 0. The summed E-state index contributed by atoms with van der Waals surface area (Å²) in [5.74, 6) is 1.82. The standard InChI is InChI=1S/C46H26N4OS.U/c1-3-11-30(12-4-1)44-48-45(31-13-5-2-6-14-31)50-46(49-44)37-18-10-19-40-42(37)38-27-32(23-26-39(38)51-40)29-21-24-34(25-22-29)47-28-33-15-9-17-36-35-16-7-8-20-41(35)52-43(33)36;/h1-24,26-27H;/q-2;+2. The van der Waals surface area contributed by atoms with Gasteiger partial charge in [0.05, 0.1) is 0 Å². The van der Waals surface area contributed by atoms with Gasteiger partial charge in [-0.1, -0.05) is 115 Å². The van der Waals surface area contributed by atoms with Crippen LogP contribution in [0.25, 0.3) is 87.4 Å². The minimum atomic E-state index is 0. The molecular weight excluding hydrogens is 895 g/mol. The Morgan fingerprint density at radius 2 is 1.23 bits per heavy atom. The van der Waals surface area contributed by atoms with E-state index in [0.29, 0.717) is 17.5 Å². The fraction of sp³-hybridized carbons (Fsp3) is 0. The summed E-state index contributed by atoms with van der Waals surface area (Å²) in [4.78, 5) is 19.6. The fourth-order valence-electron chi connectivity index (χ4n) is 6.74. The smallest absolute Gasteiger partial charge is 0.456 e. The second-order valence-corrected chi connectivity index (χ2v) is 13.5. The van der Waals surface area contributed by atoms with E-state index in [1.165, 1.54) is 20.2 Å². The predicted molar refractivity (Wildman–Crippen MR) is 213 cm³/mol. The topological polar surface area (TPSA) is 64.2 Å². The van der Waals surface area contributed by atoms with Crippen molar-refractivity contribution in [2.75, 3.05) is 0 Å². The van der Waals surface area contributed by atoms with Gasteiger partial charge in [-0.2, -0.15) is 29.5 Å². The summed E-state index contributed by atoms with van der Waals surface area (Å²) < 4.78 is 8.83. The molecule has 0 bridgehead atoms. The molecule has 0 aliphatic carbocycles. The summed E-state index contributed by atoms with van der Waals surface area (Å²) in [5.41, 5.74) is 8.06. The molecule has 246 valence electrons. The van der Waals surface area contributed by atoms with E-state index in [-0.39, 0.29) is 31.1 Å². The first-order valence-corrected chi connectivity index (χ1v) is 17.8. The Labute approximate surface area is 333 Å². The molecule has 10 rings (SSSR count). The molecule has 3 heterocycles. The molecule has 0 radical (unpaired) electrons. The zero-order valence-electron chi connectivity index (χ0n) is 28.1. The third kappa shape index (κ3) is 6.17. The van der Waals surface area contributed by atoms with Crippen molar-refractivity contribution < 1.29 is 35.5 Å². The number of fused-ring (bicyclic) bond motifs is 6. The van der Waals surface area contributed by atoms with E-state index in [1.54, 1.807) is 11.3 Å². The Morgan fingerprint density at radius 3 is 1.98 bits per heavy atom. The fourth-order valence-corrected chi connectivity index (χ4v) is 7.91. The number of furan rings is 1. The van der Waals surface area contributed by atoms with Gasteiger partial charge in [-0.3, -0.25) is 0 Å². The van der Waals surface area contributed by atoms with Crippen LogP contribution in [0.3, 0.4) is 0 Å². The van der Waals surface area contributed by atoms with Crippen LogP contribution in [-0.4, -0.2) is 21.2 Å². The van der Waals surface area contributed by atoms with Gasteiger partial charge in [0.25, 0.3) is 0 Å². The van der Waals surface area contributed by atoms with Crippen LogP contribution in [0.4, 0.5) is 5.69 Å². The van der Waals surface area contributed by atoms with Crippen LogP contribution >= 0.6 is 11.3 Å². The molecule has 7 heteroatoms. The summed E-state index contributed by atoms with van der Waals surface area (Å²) in [6.45, 7) is 0. The predicted octanol–water partition coefficient (Wildman–Crippen LogP) is 12.2. The van der Waals surface area contributed by atoms with E-state index in [2.05, 4.69) is 84.0 Å². The molecule has 10 aromatic rings.